The van der Waals surface area contributed by atoms with E-state index in [1.165, 1.54) is 4.90 Å². The Morgan fingerprint density at radius 3 is 2.76 bits per heavy atom. The van der Waals surface area contributed by atoms with Crippen molar-refractivity contribution in [3.8, 4) is 5.69 Å². The molecule has 0 radical (unpaired) electrons. The van der Waals surface area contributed by atoms with Crippen LogP contribution < -0.4 is 5.73 Å². The highest BCUT2D eigenvalue weighted by Crippen LogP contribution is 2.32. The highest BCUT2D eigenvalue weighted by atomic mass is 35.5. The van der Waals surface area contributed by atoms with E-state index in [1.54, 1.807) is 29.9 Å². The van der Waals surface area contributed by atoms with Crippen LogP contribution in [0.15, 0.2) is 18.2 Å². The van der Waals surface area contributed by atoms with Crippen LogP contribution in [0.5, 0.6) is 0 Å². The van der Waals surface area contributed by atoms with Crippen molar-refractivity contribution in [1.29, 1.82) is 0 Å². The normalized spacial score (nSPS) is 12.9. The molecule has 0 spiro atoms. The summed E-state index contributed by atoms with van der Waals surface area (Å²) < 4.78 is 1.73. The number of nitrogens with two attached hydrogens (primary N) is 1. The second-order valence-electron chi connectivity index (χ2n) is 6.08. The molecule has 0 saturated carbocycles. The highest BCUT2D eigenvalue weighted by Gasteiger charge is 2.29. The van der Waals surface area contributed by atoms with Gasteiger partial charge in [-0.2, -0.15) is 5.10 Å². The Bertz CT molecular complexity index is 847. The molecule has 8 heteroatoms. The Labute approximate surface area is 155 Å². The predicted molar refractivity (Wildman–Crippen MR) is 96.4 cm³/mol. The number of hydrogen-bond donors (Lipinski definition) is 1. The molecule has 0 bridgehead atoms. The van der Waals surface area contributed by atoms with Crippen LogP contribution >= 0.6 is 23.2 Å². The van der Waals surface area contributed by atoms with Crippen LogP contribution in [0.1, 0.15) is 34.6 Å². The zero-order chi connectivity index (χ0) is 18.1. The van der Waals surface area contributed by atoms with Gasteiger partial charge in [-0.1, -0.05) is 23.2 Å². The summed E-state index contributed by atoms with van der Waals surface area (Å²) >= 11 is 12.3. The zero-order valence-electron chi connectivity index (χ0n) is 13.8. The molecule has 1 aromatic heterocycles. The molecule has 2 amide bonds. The van der Waals surface area contributed by atoms with Gasteiger partial charge in [-0.25, -0.2) is 4.68 Å². The quantitative estimate of drug-likeness (QED) is 0.865. The number of fused-ring (bicyclic) bond motifs is 1. The summed E-state index contributed by atoms with van der Waals surface area (Å²) in [6.45, 7) is 0.261. The number of nitrogens with zero attached hydrogens (tertiary/aromatic N) is 3. The average molecular weight is 381 g/mol. The summed E-state index contributed by atoms with van der Waals surface area (Å²) in [4.78, 5) is 25.2. The van der Waals surface area contributed by atoms with Crippen molar-refractivity contribution >= 4 is 35.0 Å². The third-order valence-corrected chi connectivity index (χ3v) is 4.85. The van der Waals surface area contributed by atoms with Gasteiger partial charge in [-0.3, -0.25) is 9.59 Å². The molecule has 2 N–H and O–H groups in total. The Balaban J connectivity index is 1.97. The molecule has 0 fully saturated rings. The lowest BCUT2D eigenvalue weighted by atomic mass is 10.2. The molecule has 0 aliphatic heterocycles. The summed E-state index contributed by atoms with van der Waals surface area (Å²) in [5.74, 6) is -0.661. The second-order valence-corrected chi connectivity index (χ2v) is 6.92. The van der Waals surface area contributed by atoms with Crippen LogP contribution in [-0.2, 0) is 17.6 Å². The van der Waals surface area contributed by atoms with Gasteiger partial charge in [0.2, 0.25) is 5.91 Å². The number of hydrogen-bond acceptors (Lipinski definition) is 3. The second kappa shape index (κ2) is 7.06. The number of benzene rings is 1. The summed E-state index contributed by atoms with van der Waals surface area (Å²) in [5, 5.41) is 5.54. The van der Waals surface area contributed by atoms with Gasteiger partial charge in [0.25, 0.3) is 5.91 Å². The van der Waals surface area contributed by atoms with E-state index in [0.29, 0.717) is 21.4 Å². The van der Waals surface area contributed by atoms with Gasteiger partial charge in [-0.05, 0) is 37.5 Å². The van der Waals surface area contributed by atoms with Crippen LogP contribution in [-0.4, -0.2) is 40.1 Å². The third-order valence-electron chi connectivity index (χ3n) is 4.31. The van der Waals surface area contributed by atoms with Crippen molar-refractivity contribution < 1.29 is 9.59 Å². The van der Waals surface area contributed by atoms with Crippen molar-refractivity contribution in [3.63, 3.8) is 0 Å². The maximum absolute atomic E-state index is 12.7. The Morgan fingerprint density at radius 1 is 1.32 bits per heavy atom. The Morgan fingerprint density at radius 2 is 2.08 bits per heavy atom. The predicted octanol–water partition coefficient (Wildman–Crippen LogP) is 2.62. The lowest BCUT2D eigenvalue weighted by molar-refractivity contribution is -0.118. The van der Waals surface area contributed by atoms with E-state index in [0.717, 1.165) is 30.5 Å². The van der Waals surface area contributed by atoms with E-state index >= 15 is 0 Å². The maximum Gasteiger partial charge on any atom is 0.274 e. The first kappa shape index (κ1) is 17.8. The number of amides is 2. The molecular formula is C17H18Cl2N4O2. The van der Waals surface area contributed by atoms with Crippen LogP contribution in [0, 0.1) is 0 Å². The molecule has 1 aliphatic rings. The average Bonchev–Trinajstić information content (AvgIpc) is 3.14. The van der Waals surface area contributed by atoms with E-state index in [1.807, 2.05) is 0 Å². The number of aromatic nitrogens is 2. The first-order chi connectivity index (χ1) is 11.9. The van der Waals surface area contributed by atoms with Crippen molar-refractivity contribution in [3.05, 3.63) is 45.2 Å². The number of carbonyl (C=O) groups is 2. The van der Waals surface area contributed by atoms with Gasteiger partial charge >= 0.3 is 0 Å². The van der Waals surface area contributed by atoms with Gasteiger partial charge in [-0.15, -0.1) is 0 Å². The Hall–Kier alpha value is -2.05. The van der Waals surface area contributed by atoms with E-state index in [2.05, 4.69) is 5.10 Å². The molecular weight excluding hydrogens is 363 g/mol. The number of halogens is 2. The molecule has 1 aromatic carbocycles. The summed E-state index contributed by atoms with van der Waals surface area (Å²) in [7, 11) is 1.64. The summed E-state index contributed by atoms with van der Waals surface area (Å²) in [6.07, 6.45) is 2.71. The molecule has 1 aliphatic carbocycles. The molecule has 1 heterocycles. The van der Waals surface area contributed by atoms with Crippen LogP contribution in [0.4, 0.5) is 0 Å². The third kappa shape index (κ3) is 3.50. The molecule has 6 nitrogen and oxygen atoms in total. The molecule has 0 unspecified atom stereocenters. The first-order valence-electron chi connectivity index (χ1n) is 7.98. The molecule has 3 rings (SSSR count). The van der Waals surface area contributed by atoms with Crippen LogP contribution in [0.2, 0.25) is 10.0 Å². The summed E-state index contributed by atoms with van der Waals surface area (Å²) in [6, 6.07) is 5.19. The molecule has 0 atom stereocenters. The molecule has 25 heavy (non-hydrogen) atoms. The minimum absolute atomic E-state index is 0.119. The SMILES string of the molecule is CN(CCC(N)=O)C(=O)c1nn(-c2ccc(Cl)cc2Cl)c2c1CCC2. The monoisotopic (exact) mass is 380 g/mol. The van der Waals surface area contributed by atoms with E-state index in [-0.39, 0.29) is 18.9 Å². The molecule has 2 aromatic rings. The Kier molecular flexibility index (Phi) is 5.01. The van der Waals surface area contributed by atoms with Gasteiger partial charge in [0.1, 0.15) is 0 Å². The number of rotatable bonds is 5. The number of carbonyl (C=O) groups excluding carboxylic acids is 2. The van der Waals surface area contributed by atoms with Gasteiger partial charge in [0.05, 0.1) is 10.7 Å². The topological polar surface area (TPSA) is 81.2 Å². The minimum Gasteiger partial charge on any atom is -0.370 e. The molecule has 132 valence electrons. The summed E-state index contributed by atoms with van der Waals surface area (Å²) in [5.41, 5.74) is 8.20. The van der Waals surface area contributed by atoms with Crippen LogP contribution in [0.3, 0.4) is 0 Å². The smallest absolute Gasteiger partial charge is 0.274 e. The van der Waals surface area contributed by atoms with E-state index in [4.69, 9.17) is 28.9 Å². The van der Waals surface area contributed by atoms with Gasteiger partial charge < -0.3 is 10.6 Å². The highest BCUT2D eigenvalue weighted by molar-refractivity contribution is 6.35. The lowest BCUT2D eigenvalue weighted by Gasteiger charge is -2.15. The fourth-order valence-electron chi connectivity index (χ4n) is 3.02. The fraction of sp³-hybridized carbons (Fsp3) is 0.353. The van der Waals surface area contributed by atoms with E-state index in [9.17, 15) is 9.59 Å². The minimum atomic E-state index is -0.441. The van der Waals surface area contributed by atoms with Crippen molar-refractivity contribution in [2.24, 2.45) is 5.73 Å². The largest absolute Gasteiger partial charge is 0.370 e. The standard InChI is InChI=1S/C17H18Cl2N4O2/c1-22(8-7-15(20)24)17(25)16-11-3-2-4-13(11)23(21-16)14-6-5-10(18)9-12(14)19/h5-6,9H,2-4,7-8H2,1H3,(H2,20,24). The fourth-order valence-corrected chi connectivity index (χ4v) is 3.51. The van der Waals surface area contributed by atoms with Gasteiger partial charge in [0, 0.05) is 36.3 Å². The lowest BCUT2D eigenvalue weighted by Crippen LogP contribution is -2.31. The van der Waals surface area contributed by atoms with Crippen molar-refractivity contribution in [1.82, 2.24) is 14.7 Å². The van der Waals surface area contributed by atoms with Crippen molar-refractivity contribution in [2.45, 2.75) is 25.7 Å². The maximum atomic E-state index is 12.7. The molecule has 0 saturated heterocycles. The van der Waals surface area contributed by atoms with Crippen LogP contribution in [0.25, 0.3) is 5.69 Å². The van der Waals surface area contributed by atoms with E-state index < -0.39 is 5.91 Å². The number of primary amides is 1. The van der Waals surface area contributed by atoms with Crippen molar-refractivity contribution in [2.75, 3.05) is 13.6 Å². The van der Waals surface area contributed by atoms with Gasteiger partial charge in [0.15, 0.2) is 5.69 Å². The first-order valence-corrected chi connectivity index (χ1v) is 8.74. The zero-order valence-corrected chi connectivity index (χ0v) is 15.3.